The van der Waals surface area contributed by atoms with Gasteiger partial charge in [0.05, 0.1) is 4.90 Å². The zero-order valence-electron chi connectivity index (χ0n) is 26.7. The fourth-order valence-electron chi connectivity index (χ4n) is 5.58. The molecule has 0 aromatic heterocycles. The van der Waals surface area contributed by atoms with E-state index in [9.17, 15) is 52.7 Å². The highest BCUT2D eigenvalue weighted by Gasteiger charge is 2.52. The maximum Gasteiger partial charge on any atom is 0.200 e. The first kappa shape index (κ1) is 44.0. The van der Waals surface area contributed by atoms with E-state index in [1.807, 2.05) is 36.8 Å². The lowest BCUT2D eigenvalue weighted by molar-refractivity contribution is 0.378. The second kappa shape index (κ2) is 16.0. The summed E-state index contributed by atoms with van der Waals surface area (Å²) < 4.78 is 299. The zero-order chi connectivity index (χ0) is 42.6. The number of thiol groups is 1. The molecule has 24 heteroatoms. The Hall–Kier alpha value is -4.74. The first-order valence-electron chi connectivity index (χ1n) is 14.2. The lowest BCUT2D eigenvalue weighted by atomic mass is 9.12. The van der Waals surface area contributed by atoms with Gasteiger partial charge in [0.15, 0.2) is 81.0 Å². The zero-order valence-corrected chi connectivity index (χ0v) is 28.4. The predicted octanol–water partition coefficient (Wildman–Crippen LogP) is 7.99. The smallest absolute Gasteiger partial charge is 0.200 e. The van der Waals surface area contributed by atoms with Gasteiger partial charge < -0.3 is 0 Å². The van der Waals surface area contributed by atoms with E-state index in [4.69, 9.17) is 4.18 Å². The van der Waals surface area contributed by atoms with Crippen molar-refractivity contribution in [3.8, 4) is 5.75 Å². The van der Waals surface area contributed by atoms with Crippen LogP contribution in [0.5, 0.6) is 5.75 Å². The second-order valence-corrected chi connectivity index (χ2v) is 13.2. The fraction of sp³-hybridized carbons (Fsp3) is 0.0625. The molecule has 0 atom stereocenters. The molecule has 5 aromatic rings. The Bertz CT molecular complexity index is 2030. The molecule has 0 amide bonds. The maximum atomic E-state index is 15.4. The molecular weight excluding hydrogens is 855 g/mol. The molecule has 0 saturated heterocycles. The molecule has 0 heterocycles. The maximum absolute atomic E-state index is 15.4. The van der Waals surface area contributed by atoms with E-state index < -0.39 is 144 Å². The van der Waals surface area contributed by atoms with Crippen molar-refractivity contribution < 1.29 is 92.0 Å². The quantitative estimate of drug-likeness (QED) is 0.0455. The Labute approximate surface area is 307 Å². The molecule has 5 rings (SSSR count). The fourth-order valence-corrected chi connectivity index (χ4v) is 6.35. The number of rotatable bonds is 6. The second-order valence-electron chi connectivity index (χ2n) is 11.1. The highest BCUT2D eigenvalue weighted by molar-refractivity contribution is 7.91. The van der Waals surface area contributed by atoms with Crippen molar-refractivity contribution >= 4 is 51.8 Å². The van der Waals surface area contributed by atoms with E-state index in [0.717, 1.165) is 10.6 Å². The van der Waals surface area contributed by atoms with Crippen molar-refractivity contribution in [2.45, 2.75) is 4.90 Å². The third kappa shape index (κ3) is 6.76. The van der Waals surface area contributed by atoms with Gasteiger partial charge in [-0.15, -0.1) is 34.5 Å². The van der Waals surface area contributed by atoms with E-state index in [2.05, 4.69) is 12.6 Å². The summed E-state index contributed by atoms with van der Waals surface area (Å²) in [5.41, 5.74) is -14.3. The first-order valence-corrected chi connectivity index (χ1v) is 16.6. The van der Waals surface area contributed by atoms with Crippen molar-refractivity contribution in [1.29, 1.82) is 0 Å². The minimum atomic E-state index is -7.22. The van der Waals surface area contributed by atoms with E-state index in [1.165, 1.54) is 0 Å². The van der Waals surface area contributed by atoms with E-state index in [-0.39, 0.29) is 11.2 Å². The van der Waals surface area contributed by atoms with Gasteiger partial charge in [-0.05, 0) is 12.1 Å². The van der Waals surface area contributed by atoms with Gasteiger partial charge in [-0.25, -0.2) is 87.8 Å². The number of halogens is 20. The lowest BCUT2D eigenvalue weighted by Crippen LogP contribution is -2.81. The van der Waals surface area contributed by atoms with Crippen LogP contribution in [0.4, 0.5) is 87.8 Å². The van der Waals surface area contributed by atoms with Crippen LogP contribution in [0.1, 0.15) is 0 Å². The van der Waals surface area contributed by atoms with Gasteiger partial charge in [-0.2, -0.15) is 0 Å². The predicted molar refractivity (Wildman–Crippen MR) is 163 cm³/mol. The minimum Gasteiger partial charge on any atom is -0.285 e. The first-order chi connectivity index (χ1) is 25.9. The molecule has 5 aromatic carbocycles. The average molecular weight is 866 g/mol. The normalized spacial score (nSPS) is 11.6. The summed E-state index contributed by atoms with van der Waals surface area (Å²) in [4.78, 5) is 0.897. The number of hydrogen-bond donors (Lipinski definition) is 1. The molecule has 0 unspecified atom stereocenters. The van der Waals surface area contributed by atoms with Gasteiger partial charge in [0.1, 0.15) is 65.2 Å². The van der Waals surface area contributed by atoms with Crippen LogP contribution < -0.4 is 26.0 Å². The molecular formula is C32H11BF20OS2. The third-order valence-electron chi connectivity index (χ3n) is 7.83. The molecule has 0 N–H and O–H groups in total. The van der Waals surface area contributed by atoms with Crippen molar-refractivity contribution in [2.24, 2.45) is 0 Å². The Balaban J connectivity index is 0.000000544. The molecule has 0 radical (unpaired) electrons. The summed E-state index contributed by atoms with van der Waals surface area (Å²) in [7, 11) is 0. The van der Waals surface area contributed by atoms with Gasteiger partial charge in [0.25, 0.3) is 0 Å². The summed E-state index contributed by atoms with van der Waals surface area (Å²) in [6.45, 7) is 0. The number of benzene rings is 5. The van der Waals surface area contributed by atoms with E-state index >= 15 is 35.1 Å². The van der Waals surface area contributed by atoms with Crippen molar-refractivity contribution in [1.82, 2.24) is 0 Å². The summed E-state index contributed by atoms with van der Waals surface area (Å²) in [5.74, 6) is -70.5. The van der Waals surface area contributed by atoms with Gasteiger partial charge in [0, 0.05) is 0 Å². The van der Waals surface area contributed by atoms with Crippen LogP contribution in [0, 0.1) is 116 Å². The van der Waals surface area contributed by atoms with Crippen LogP contribution in [0.25, 0.3) is 0 Å². The number of hydrogen-bond acceptors (Lipinski definition) is 2. The van der Waals surface area contributed by atoms with Crippen molar-refractivity contribution in [2.75, 3.05) is 12.5 Å². The van der Waals surface area contributed by atoms with Crippen LogP contribution in [0.15, 0.2) is 29.2 Å². The summed E-state index contributed by atoms with van der Waals surface area (Å²) in [5, 5.41) is 0. The largest absolute Gasteiger partial charge is 0.285 e. The van der Waals surface area contributed by atoms with Crippen molar-refractivity contribution in [3.05, 3.63) is 141 Å². The Morgan fingerprint density at radius 2 is 0.554 bits per heavy atom. The van der Waals surface area contributed by atoms with E-state index in [0.29, 0.717) is 0 Å². The standard InChI is InChI=1S/C24BF20.C8H10OS2/c26-5-1(6(27)14(35)21(42)13(5)34)25(2-7(28)15(36)22(43)16(37)8(2)29,3-9(30)17(38)23(44)18(39)10(3)31)4-11(32)19(40)24(45)20(41)12(4)33;1-11(2)9-7-5-3-4-6-8(7)10/h;3-6H,1-2H3/q-1;/p+1. The molecule has 0 fully saturated rings. The highest BCUT2D eigenvalue weighted by Crippen LogP contribution is 2.31. The minimum absolute atomic E-state index is 0.0257. The molecule has 0 spiro atoms. The van der Waals surface area contributed by atoms with Gasteiger partial charge >= 0.3 is 0 Å². The van der Waals surface area contributed by atoms with Crippen LogP contribution in [0.2, 0.25) is 0 Å². The molecule has 0 aliphatic heterocycles. The Kier molecular flexibility index (Phi) is 12.6. The number of para-hydroxylation sites is 1. The van der Waals surface area contributed by atoms with Gasteiger partial charge in [-0.1, -0.05) is 12.1 Å². The summed E-state index contributed by atoms with van der Waals surface area (Å²) in [6.07, 6.45) is -3.16. The van der Waals surface area contributed by atoms with E-state index in [1.54, 1.807) is 0 Å². The molecule has 56 heavy (non-hydrogen) atoms. The molecule has 0 aliphatic rings. The SMILES string of the molecule is C[S+](C)Oc1ccccc1S.Fc1c(F)c(F)c([B-](c2c(F)c(F)c(F)c(F)c2F)(c2c(F)c(F)c(F)c(F)c2F)c2c(F)c(F)c(F)c(F)c2F)c(F)c1F. The van der Waals surface area contributed by atoms with Crippen LogP contribution >= 0.6 is 12.6 Å². The molecule has 0 saturated carbocycles. The third-order valence-corrected chi connectivity index (χ3v) is 8.71. The van der Waals surface area contributed by atoms with Gasteiger partial charge in [-0.3, -0.25) is 4.18 Å². The Morgan fingerprint density at radius 3 is 0.750 bits per heavy atom. The highest BCUT2D eigenvalue weighted by atomic mass is 32.2. The molecule has 300 valence electrons. The van der Waals surface area contributed by atoms with Crippen molar-refractivity contribution in [3.63, 3.8) is 0 Å². The Morgan fingerprint density at radius 1 is 0.357 bits per heavy atom. The summed E-state index contributed by atoms with van der Waals surface area (Å²) in [6, 6.07) is 7.74. The lowest BCUT2D eigenvalue weighted by Gasteiger charge is -2.44. The van der Waals surface area contributed by atoms with Crippen LogP contribution in [-0.4, -0.2) is 18.7 Å². The van der Waals surface area contributed by atoms with Crippen LogP contribution in [-0.2, 0) is 11.2 Å². The van der Waals surface area contributed by atoms with Crippen LogP contribution in [0.3, 0.4) is 0 Å². The van der Waals surface area contributed by atoms with Gasteiger partial charge in [0.2, 0.25) is 5.75 Å². The average Bonchev–Trinajstić information content (AvgIpc) is 3.15. The molecule has 1 nitrogen and oxygen atoms in total. The monoisotopic (exact) mass is 866 g/mol. The topological polar surface area (TPSA) is 9.23 Å². The summed E-state index contributed by atoms with van der Waals surface area (Å²) >= 11 is 4.23. The molecule has 0 bridgehead atoms. The molecule has 0 aliphatic carbocycles.